The highest BCUT2D eigenvalue weighted by Gasteiger charge is 2.24. The molecule has 0 aromatic carbocycles. The van der Waals surface area contributed by atoms with E-state index in [-0.39, 0.29) is 18.1 Å². The standard InChI is InChI=1S/C15H21N3O2S/c1-3-9-18(10-4-2)21(19,20)15-8-5-13(12-17-15)11-16-14-6-7-14/h3-5,8,12,14,16H,1-2,6-7,9-11H2. The van der Waals surface area contributed by atoms with Gasteiger partial charge in [-0.05, 0) is 24.5 Å². The minimum absolute atomic E-state index is 0.0568. The van der Waals surface area contributed by atoms with Gasteiger partial charge in [0.05, 0.1) is 0 Å². The van der Waals surface area contributed by atoms with Gasteiger partial charge in [-0.1, -0.05) is 18.2 Å². The molecule has 0 atom stereocenters. The van der Waals surface area contributed by atoms with Crippen LogP contribution < -0.4 is 5.32 Å². The van der Waals surface area contributed by atoms with Crippen LogP contribution in [-0.4, -0.2) is 36.8 Å². The van der Waals surface area contributed by atoms with Crippen molar-refractivity contribution in [2.75, 3.05) is 13.1 Å². The normalized spacial score (nSPS) is 15.1. The van der Waals surface area contributed by atoms with Crippen molar-refractivity contribution in [3.05, 3.63) is 49.2 Å². The topological polar surface area (TPSA) is 62.3 Å². The summed E-state index contributed by atoms with van der Waals surface area (Å²) in [4.78, 5) is 4.10. The largest absolute Gasteiger partial charge is 0.310 e. The van der Waals surface area contributed by atoms with Gasteiger partial charge < -0.3 is 5.32 Å². The van der Waals surface area contributed by atoms with E-state index in [1.807, 2.05) is 0 Å². The third-order valence-corrected chi connectivity index (χ3v) is 4.99. The molecule has 0 saturated heterocycles. The van der Waals surface area contributed by atoms with Gasteiger partial charge in [0.2, 0.25) is 0 Å². The predicted octanol–water partition coefficient (Wildman–Crippen LogP) is 1.70. The van der Waals surface area contributed by atoms with E-state index in [0.717, 1.165) is 12.1 Å². The number of nitrogens with one attached hydrogen (secondary N) is 1. The van der Waals surface area contributed by atoms with Crippen LogP contribution in [0.1, 0.15) is 18.4 Å². The molecule has 21 heavy (non-hydrogen) atoms. The molecule has 1 saturated carbocycles. The highest BCUT2D eigenvalue weighted by Crippen LogP contribution is 2.19. The molecule has 0 unspecified atom stereocenters. The van der Waals surface area contributed by atoms with Crippen LogP contribution in [0.4, 0.5) is 0 Å². The Bertz CT molecular complexity index is 582. The van der Waals surface area contributed by atoms with E-state index < -0.39 is 10.0 Å². The lowest BCUT2D eigenvalue weighted by Gasteiger charge is -2.18. The van der Waals surface area contributed by atoms with Crippen molar-refractivity contribution in [2.45, 2.75) is 30.5 Å². The molecule has 1 aliphatic carbocycles. The average Bonchev–Trinajstić information content (AvgIpc) is 3.29. The second-order valence-corrected chi connectivity index (χ2v) is 6.94. The molecular weight excluding hydrogens is 286 g/mol. The lowest BCUT2D eigenvalue weighted by Crippen LogP contribution is -2.32. The van der Waals surface area contributed by atoms with E-state index in [4.69, 9.17) is 0 Å². The summed E-state index contributed by atoms with van der Waals surface area (Å²) in [6, 6.07) is 3.97. The van der Waals surface area contributed by atoms with Crippen LogP contribution in [0, 0.1) is 0 Å². The number of hydrogen-bond donors (Lipinski definition) is 1. The summed E-state index contributed by atoms with van der Waals surface area (Å²) in [5.74, 6) is 0. The van der Waals surface area contributed by atoms with Crippen LogP contribution in [-0.2, 0) is 16.6 Å². The predicted molar refractivity (Wildman–Crippen MR) is 83.3 cm³/mol. The van der Waals surface area contributed by atoms with Gasteiger partial charge >= 0.3 is 0 Å². The van der Waals surface area contributed by atoms with Crippen molar-refractivity contribution in [1.29, 1.82) is 0 Å². The molecule has 0 aliphatic heterocycles. The van der Waals surface area contributed by atoms with E-state index >= 15 is 0 Å². The molecule has 0 radical (unpaired) electrons. The van der Waals surface area contributed by atoms with Gasteiger partial charge in [-0.15, -0.1) is 13.2 Å². The van der Waals surface area contributed by atoms with Crippen LogP contribution >= 0.6 is 0 Å². The van der Waals surface area contributed by atoms with Crippen LogP contribution in [0.15, 0.2) is 48.7 Å². The van der Waals surface area contributed by atoms with Crippen LogP contribution in [0.5, 0.6) is 0 Å². The summed E-state index contributed by atoms with van der Waals surface area (Å²) in [7, 11) is -3.60. The van der Waals surface area contributed by atoms with Gasteiger partial charge in [0.15, 0.2) is 5.03 Å². The highest BCUT2D eigenvalue weighted by atomic mass is 32.2. The highest BCUT2D eigenvalue weighted by molar-refractivity contribution is 7.89. The number of rotatable bonds is 9. The number of hydrogen-bond acceptors (Lipinski definition) is 4. The fourth-order valence-corrected chi connectivity index (χ4v) is 3.20. The maximum absolute atomic E-state index is 12.5. The molecule has 0 bridgehead atoms. The third kappa shape index (κ3) is 4.23. The van der Waals surface area contributed by atoms with Gasteiger partial charge in [-0.25, -0.2) is 13.4 Å². The molecule has 5 nitrogen and oxygen atoms in total. The van der Waals surface area contributed by atoms with Gasteiger partial charge in [-0.3, -0.25) is 0 Å². The Morgan fingerprint density at radius 3 is 2.43 bits per heavy atom. The lowest BCUT2D eigenvalue weighted by molar-refractivity contribution is 0.471. The van der Waals surface area contributed by atoms with Crippen molar-refractivity contribution in [3.63, 3.8) is 0 Å². The molecule has 2 rings (SSSR count). The molecule has 114 valence electrons. The van der Waals surface area contributed by atoms with Crippen LogP contribution in [0.25, 0.3) is 0 Å². The van der Waals surface area contributed by atoms with E-state index in [9.17, 15) is 8.42 Å². The Hall–Kier alpha value is -1.50. The first-order valence-corrected chi connectivity index (χ1v) is 8.42. The first kappa shape index (κ1) is 15.9. The van der Waals surface area contributed by atoms with Crippen LogP contribution in [0.2, 0.25) is 0 Å². The molecule has 1 aliphatic rings. The maximum Gasteiger partial charge on any atom is 0.261 e. The fraction of sp³-hybridized carbons (Fsp3) is 0.400. The second-order valence-electron chi connectivity index (χ2n) is 5.06. The zero-order valence-electron chi connectivity index (χ0n) is 12.0. The first-order chi connectivity index (χ1) is 10.1. The van der Waals surface area contributed by atoms with Crippen molar-refractivity contribution >= 4 is 10.0 Å². The summed E-state index contributed by atoms with van der Waals surface area (Å²) < 4.78 is 26.2. The molecule has 1 fully saturated rings. The van der Waals surface area contributed by atoms with Gasteiger partial charge in [0, 0.05) is 31.9 Å². The van der Waals surface area contributed by atoms with Gasteiger partial charge in [-0.2, -0.15) is 4.31 Å². The Kier molecular flexibility index (Phi) is 5.27. The Balaban J connectivity index is 2.10. The molecule has 6 heteroatoms. The molecule has 1 aromatic heterocycles. The first-order valence-electron chi connectivity index (χ1n) is 6.98. The monoisotopic (exact) mass is 307 g/mol. The Morgan fingerprint density at radius 2 is 1.95 bits per heavy atom. The van der Waals surface area contributed by atoms with Crippen molar-refractivity contribution in [1.82, 2.24) is 14.6 Å². The molecule has 1 N–H and O–H groups in total. The minimum Gasteiger partial charge on any atom is -0.310 e. The summed E-state index contributed by atoms with van der Waals surface area (Å²) in [6.45, 7) is 8.36. The lowest BCUT2D eigenvalue weighted by atomic mass is 10.3. The number of pyridine rings is 1. The van der Waals surface area contributed by atoms with Gasteiger partial charge in [0.1, 0.15) is 0 Å². The zero-order chi connectivity index (χ0) is 15.3. The number of aromatic nitrogens is 1. The van der Waals surface area contributed by atoms with Gasteiger partial charge in [0.25, 0.3) is 10.0 Å². The molecule has 1 heterocycles. The van der Waals surface area contributed by atoms with Crippen molar-refractivity contribution in [3.8, 4) is 0 Å². The number of sulfonamides is 1. The number of nitrogens with zero attached hydrogens (tertiary/aromatic N) is 2. The fourth-order valence-electron chi connectivity index (χ4n) is 1.91. The summed E-state index contributed by atoms with van der Waals surface area (Å²) in [6.07, 6.45) is 7.15. The zero-order valence-corrected chi connectivity index (χ0v) is 12.8. The molecule has 1 aromatic rings. The summed E-state index contributed by atoms with van der Waals surface area (Å²) in [5, 5.41) is 3.42. The van der Waals surface area contributed by atoms with E-state index in [1.54, 1.807) is 30.5 Å². The quantitative estimate of drug-likeness (QED) is 0.705. The average molecular weight is 307 g/mol. The maximum atomic E-state index is 12.5. The summed E-state index contributed by atoms with van der Waals surface area (Å²) in [5.41, 5.74) is 0.986. The molecule has 0 spiro atoms. The Morgan fingerprint density at radius 1 is 1.29 bits per heavy atom. The van der Waals surface area contributed by atoms with E-state index in [1.165, 1.54) is 17.1 Å². The molecular formula is C15H21N3O2S. The third-order valence-electron chi connectivity index (χ3n) is 3.24. The smallest absolute Gasteiger partial charge is 0.261 e. The van der Waals surface area contributed by atoms with Crippen molar-refractivity contribution in [2.24, 2.45) is 0 Å². The minimum atomic E-state index is -3.60. The van der Waals surface area contributed by atoms with Crippen molar-refractivity contribution < 1.29 is 8.42 Å². The summed E-state index contributed by atoms with van der Waals surface area (Å²) >= 11 is 0. The van der Waals surface area contributed by atoms with Crippen LogP contribution in [0.3, 0.4) is 0 Å². The van der Waals surface area contributed by atoms with E-state index in [0.29, 0.717) is 6.04 Å². The van der Waals surface area contributed by atoms with E-state index in [2.05, 4.69) is 23.5 Å². The Labute approximate surface area is 126 Å². The SMILES string of the molecule is C=CCN(CC=C)S(=O)(=O)c1ccc(CNC2CC2)cn1. The molecule has 0 amide bonds. The second kappa shape index (κ2) is 6.98.